The van der Waals surface area contributed by atoms with Gasteiger partial charge in [-0.1, -0.05) is 48.5 Å². The standard InChI is InChI=1S/C27H30N2O7/c1-3-35-24(13-6-7-14-25(31)29-33)26(19-15-16-23(34-2)22(30)17-19)36-27(32)28-21-12-8-10-18-9-4-5-11-20(18)21/h4-5,7-12,14-17,24,26,30,33H,3,6,13H2,1-2H3,(H,28,32)(H,29,31)/b14-7+/t24-,26-/m0/s1. The molecule has 4 N–H and O–H groups in total. The Morgan fingerprint density at radius 3 is 2.58 bits per heavy atom. The van der Waals surface area contributed by atoms with Gasteiger partial charge in [0.2, 0.25) is 0 Å². The molecular formula is C27H30N2O7. The van der Waals surface area contributed by atoms with Crippen LogP contribution in [0.15, 0.2) is 72.8 Å². The third kappa shape index (κ3) is 6.97. The molecule has 0 radical (unpaired) electrons. The van der Waals surface area contributed by atoms with E-state index in [1.807, 2.05) is 43.3 Å². The summed E-state index contributed by atoms with van der Waals surface area (Å²) in [6.07, 6.45) is 1.42. The molecule has 0 aliphatic heterocycles. The highest BCUT2D eigenvalue weighted by molar-refractivity contribution is 6.00. The zero-order valence-corrected chi connectivity index (χ0v) is 20.1. The Morgan fingerprint density at radius 2 is 1.86 bits per heavy atom. The highest BCUT2D eigenvalue weighted by Crippen LogP contribution is 2.34. The average molecular weight is 495 g/mol. The number of hydroxylamine groups is 1. The van der Waals surface area contributed by atoms with Crippen LogP contribution in [0.1, 0.15) is 31.4 Å². The van der Waals surface area contributed by atoms with Gasteiger partial charge in [0.05, 0.1) is 18.9 Å². The van der Waals surface area contributed by atoms with Crippen molar-refractivity contribution in [2.75, 3.05) is 19.0 Å². The van der Waals surface area contributed by atoms with Crippen molar-refractivity contribution in [3.05, 3.63) is 78.4 Å². The number of amides is 2. The molecule has 0 saturated heterocycles. The summed E-state index contributed by atoms with van der Waals surface area (Å²) < 4.78 is 16.9. The van der Waals surface area contributed by atoms with Crippen LogP contribution in [0.5, 0.6) is 11.5 Å². The first-order chi connectivity index (χ1) is 17.5. The Kier molecular flexibility index (Phi) is 9.67. The number of nitrogens with one attached hydrogen (secondary N) is 2. The summed E-state index contributed by atoms with van der Waals surface area (Å²) in [7, 11) is 1.44. The van der Waals surface area contributed by atoms with E-state index in [0.717, 1.165) is 10.8 Å². The first-order valence-corrected chi connectivity index (χ1v) is 11.5. The molecule has 36 heavy (non-hydrogen) atoms. The number of benzene rings is 3. The zero-order chi connectivity index (χ0) is 25.9. The van der Waals surface area contributed by atoms with Gasteiger partial charge in [0.25, 0.3) is 5.91 Å². The summed E-state index contributed by atoms with van der Waals surface area (Å²) in [6, 6.07) is 18.0. The number of carbonyl (C=O) groups is 2. The summed E-state index contributed by atoms with van der Waals surface area (Å²) in [5.74, 6) is -0.471. The van der Waals surface area contributed by atoms with Gasteiger partial charge in [-0.25, -0.2) is 10.3 Å². The van der Waals surface area contributed by atoms with E-state index < -0.39 is 24.2 Å². The molecular weight excluding hydrogens is 464 g/mol. The van der Waals surface area contributed by atoms with Crippen LogP contribution in [0.2, 0.25) is 0 Å². The Balaban J connectivity index is 1.86. The summed E-state index contributed by atoms with van der Waals surface area (Å²) in [5, 5.41) is 23.6. The molecule has 2 atom stereocenters. The molecule has 0 unspecified atom stereocenters. The third-order valence-electron chi connectivity index (χ3n) is 5.51. The fraction of sp³-hybridized carbons (Fsp3) is 0.259. The monoisotopic (exact) mass is 494 g/mol. The number of allylic oxidation sites excluding steroid dienone is 1. The topological polar surface area (TPSA) is 126 Å². The second-order valence-electron chi connectivity index (χ2n) is 7.86. The number of phenols is 1. The van der Waals surface area contributed by atoms with Crippen LogP contribution < -0.4 is 15.5 Å². The normalized spacial score (nSPS) is 12.8. The van der Waals surface area contributed by atoms with Crippen LogP contribution >= 0.6 is 0 Å². The van der Waals surface area contributed by atoms with Crippen molar-refractivity contribution in [3.63, 3.8) is 0 Å². The molecule has 2 amide bonds. The van der Waals surface area contributed by atoms with Gasteiger partial charge < -0.3 is 19.3 Å². The van der Waals surface area contributed by atoms with Gasteiger partial charge in [-0.3, -0.25) is 15.3 Å². The van der Waals surface area contributed by atoms with Gasteiger partial charge in [-0.15, -0.1) is 0 Å². The highest BCUT2D eigenvalue weighted by Gasteiger charge is 2.28. The molecule has 9 nitrogen and oxygen atoms in total. The van der Waals surface area contributed by atoms with Gasteiger partial charge in [0, 0.05) is 18.1 Å². The van der Waals surface area contributed by atoms with E-state index in [-0.39, 0.29) is 11.5 Å². The first kappa shape index (κ1) is 26.5. The molecule has 3 aromatic carbocycles. The molecule has 0 bridgehead atoms. The van der Waals surface area contributed by atoms with Crippen molar-refractivity contribution in [1.29, 1.82) is 0 Å². The second kappa shape index (κ2) is 13.1. The van der Waals surface area contributed by atoms with Gasteiger partial charge in [0.1, 0.15) is 0 Å². The van der Waals surface area contributed by atoms with Crippen molar-refractivity contribution in [2.24, 2.45) is 0 Å². The van der Waals surface area contributed by atoms with Gasteiger partial charge >= 0.3 is 6.09 Å². The minimum Gasteiger partial charge on any atom is -0.504 e. The maximum Gasteiger partial charge on any atom is 0.412 e. The summed E-state index contributed by atoms with van der Waals surface area (Å²) in [6.45, 7) is 2.17. The summed E-state index contributed by atoms with van der Waals surface area (Å²) >= 11 is 0. The summed E-state index contributed by atoms with van der Waals surface area (Å²) in [4.78, 5) is 24.3. The molecule has 0 saturated carbocycles. The number of aromatic hydroxyl groups is 1. The highest BCUT2D eigenvalue weighted by atomic mass is 16.6. The van der Waals surface area contributed by atoms with Crippen molar-refractivity contribution < 1.29 is 34.1 Å². The van der Waals surface area contributed by atoms with Crippen molar-refractivity contribution >= 4 is 28.5 Å². The van der Waals surface area contributed by atoms with E-state index in [9.17, 15) is 14.7 Å². The van der Waals surface area contributed by atoms with Crippen LogP contribution in [-0.2, 0) is 14.3 Å². The van der Waals surface area contributed by atoms with E-state index in [4.69, 9.17) is 19.4 Å². The van der Waals surface area contributed by atoms with E-state index in [1.54, 1.807) is 24.3 Å². The second-order valence-corrected chi connectivity index (χ2v) is 7.86. The molecule has 3 aromatic rings. The fourth-order valence-corrected chi connectivity index (χ4v) is 3.86. The van der Waals surface area contributed by atoms with Crippen molar-refractivity contribution in [1.82, 2.24) is 5.48 Å². The first-order valence-electron chi connectivity index (χ1n) is 11.5. The van der Waals surface area contributed by atoms with Crippen LogP contribution in [0, 0.1) is 0 Å². The van der Waals surface area contributed by atoms with Gasteiger partial charge in [-0.2, -0.15) is 0 Å². The van der Waals surface area contributed by atoms with E-state index in [0.29, 0.717) is 30.7 Å². The third-order valence-corrected chi connectivity index (χ3v) is 5.51. The maximum absolute atomic E-state index is 13.0. The largest absolute Gasteiger partial charge is 0.504 e. The number of phenolic OH excluding ortho intramolecular Hbond substituents is 1. The molecule has 0 aliphatic carbocycles. The Morgan fingerprint density at radius 1 is 1.08 bits per heavy atom. The lowest BCUT2D eigenvalue weighted by Gasteiger charge is -2.27. The molecule has 0 aromatic heterocycles. The Hall–Kier alpha value is -4.08. The SMILES string of the molecule is CCO[C@@H](CC/C=C/C(=O)NO)[C@@H](OC(=O)Nc1cccc2ccccc12)c1ccc(OC)c(O)c1. The molecule has 3 rings (SSSR count). The molecule has 0 aliphatic rings. The van der Waals surface area contributed by atoms with E-state index in [2.05, 4.69) is 5.32 Å². The number of hydrogen-bond donors (Lipinski definition) is 4. The lowest BCUT2D eigenvalue weighted by molar-refractivity contribution is -0.124. The number of anilines is 1. The predicted octanol–water partition coefficient (Wildman–Crippen LogP) is 5.09. The smallest absolute Gasteiger partial charge is 0.412 e. The van der Waals surface area contributed by atoms with Crippen LogP contribution in [0.25, 0.3) is 10.8 Å². The summed E-state index contributed by atoms with van der Waals surface area (Å²) in [5.41, 5.74) is 2.64. The predicted molar refractivity (Wildman–Crippen MR) is 135 cm³/mol. The van der Waals surface area contributed by atoms with Crippen LogP contribution in [0.4, 0.5) is 10.5 Å². The van der Waals surface area contributed by atoms with Crippen molar-refractivity contribution in [2.45, 2.75) is 32.0 Å². The molecule has 9 heteroatoms. The number of hydrogen-bond acceptors (Lipinski definition) is 7. The molecule has 0 heterocycles. The van der Waals surface area contributed by atoms with Gasteiger partial charge in [-0.05, 0) is 48.9 Å². The minimum atomic E-state index is -0.878. The molecule has 190 valence electrons. The number of rotatable bonds is 11. The Labute approximate surface area is 209 Å². The van der Waals surface area contributed by atoms with E-state index in [1.165, 1.54) is 24.7 Å². The van der Waals surface area contributed by atoms with Crippen molar-refractivity contribution in [3.8, 4) is 11.5 Å². The number of carbonyl (C=O) groups excluding carboxylic acids is 2. The van der Waals surface area contributed by atoms with Gasteiger partial charge in [0.15, 0.2) is 17.6 Å². The lowest BCUT2D eigenvalue weighted by Crippen LogP contribution is -2.29. The lowest BCUT2D eigenvalue weighted by atomic mass is 9.99. The zero-order valence-electron chi connectivity index (χ0n) is 20.1. The molecule has 0 spiro atoms. The number of methoxy groups -OCH3 is 1. The number of fused-ring (bicyclic) bond motifs is 1. The fourth-order valence-electron chi connectivity index (χ4n) is 3.86. The Bertz CT molecular complexity index is 1210. The number of ether oxygens (including phenoxy) is 3. The van der Waals surface area contributed by atoms with E-state index >= 15 is 0 Å². The minimum absolute atomic E-state index is 0.104. The van der Waals surface area contributed by atoms with Crippen LogP contribution in [-0.4, -0.2) is 42.1 Å². The molecule has 0 fully saturated rings. The maximum atomic E-state index is 13.0. The average Bonchev–Trinajstić information content (AvgIpc) is 2.89. The quantitative estimate of drug-likeness (QED) is 0.166. The van der Waals surface area contributed by atoms with Crippen LogP contribution in [0.3, 0.4) is 0 Å².